The Morgan fingerprint density at radius 1 is 1.03 bits per heavy atom. The molecule has 0 unspecified atom stereocenters. The van der Waals surface area contributed by atoms with Crippen molar-refractivity contribution in [2.24, 2.45) is 23.2 Å². The molecule has 1 atom stereocenters. The standard InChI is InChI=1S/C25H34N2O4/c1-17(7-8-18-5-3-2-4-6-18)27-22(28)16-31-23(29)15-26-24(30)25-12-19-9-20(13-25)11-21(10-19)14-25/h2-6,17,19-21H,7-16H2,1H3,(H,26,30)(H,27,28)/t17-,19?,20?,21?,25?/m0/s1. The number of esters is 1. The van der Waals surface area contributed by atoms with E-state index in [1.54, 1.807) is 0 Å². The van der Waals surface area contributed by atoms with Crippen LogP contribution in [0.2, 0.25) is 0 Å². The first-order chi connectivity index (χ1) is 14.9. The van der Waals surface area contributed by atoms with E-state index in [1.807, 2.05) is 25.1 Å². The van der Waals surface area contributed by atoms with Crippen molar-refractivity contribution in [1.29, 1.82) is 0 Å². The van der Waals surface area contributed by atoms with Gasteiger partial charge in [0.15, 0.2) is 6.61 Å². The van der Waals surface area contributed by atoms with Crippen LogP contribution in [0.1, 0.15) is 57.4 Å². The number of amides is 2. The Morgan fingerprint density at radius 2 is 1.65 bits per heavy atom. The van der Waals surface area contributed by atoms with E-state index >= 15 is 0 Å². The second kappa shape index (κ2) is 9.41. The summed E-state index contributed by atoms with van der Waals surface area (Å²) in [5, 5.41) is 5.65. The number of hydrogen-bond donors (Lipinski definition) is 2. The van der Waals surface area contributed by atoms with Crippen LogP contribution in [0.25, 0.3) is 0 Å². The second-order valence-corrected chi connectivity index (χ2v) is 10.0. The number of hydrogen-bond acceptors (Lipinski definition) is 4. The van der Waals surface area contributed by atoms with Crippen LogP contribution < -0.4 is 10.6 Å². The van der Waals surface area contributed by atoms with Gasteiger partial charge in [-0.25, -0.2) is 0 Å². The molecule has 4 aliphatic rings. The molecular weight excluding hydrogens is 392 g/mol. The van der Waals surface area contributed by atoms with Crippen molar-refractivity contribution in [2.45, 2.75) is 64.3 Å². The van der Waals surface area contributed by atoms with Gasteiger partial charge < -0.3 is 15.4 Å². The minimum atomic E-state index is -0.565. The second-order valence-electron chi connectivity index (χ2n) is 10.0. The third kappa shape index (κ3) is 5.46. The fraction of sp³-hybridized carbons (Fsp3) is 0.640. The lowest BCUT2D eigenvalue weighted by atomic mass is 9.49. The van der Waals surface area contributed by atoms with E-state index in [1.165, 1.54) is 24.8 Å². The zero-order valence-electron chi connectivity index (χ0n) is 18.4. The fourth-order valence-corrected chi connectivity index (χ4v) is 6.34. The molecule has 6 nitrogen and oxygen atoms in total. The predicted octanol–water partition coefficient (Wildman–Crippen LogP) is 3.00. The molecule has 0 heterocycles. The smallest absolute Gasteiger partial charge is 0.325 e. The van der Waals surface area contributed by atoms with Crippen LogP contribution >= 0.6 is 0 Å². The van der Waals surface area contributed by atoms with Gasteiger partial charge in [0.25, 0.3) is 5.91 Å². The molecule has 31 heavy (non-hydrogen) atoms. The molecule has 0 aliphatic heterocycles. The summed E-state index contributed by atoms with van der Waals surface area (Å²) in [4.78, 5) is 37.0. The van der Waals surface area contributed by atoms with Gasteiger partial charge in [-0.2, -0.15) is 0 Å². The highest BCUT2D eigenvalue weighted by Gasteiger charge is 2.54. The number of benzene rings is 1. The normalized spacial score (nSPS) is 29.3. The van der Waals surface area contributed by atoms with Crippen molar-refractivity contribution in [2.75, 3.05) is 13.2 Å². The van der Waals surface area contributed by atoms with Gasteiger partial charge in [0.1, 0.15) is 6.54 Å². The van der Waals surface area contributed by atoms with Gasteiger partial charge in [-0.15, -0.1) is 0 Å². The van der Waals surface area contributed by atoms with Crippen LogP contribution in [0.3, 0.4) is 0 Å². The quantitative estimate of drug-likeness (QED) is 0.595. The number of ether oxygens (including phenoxy) is 1. The molecule has 5 rings (SSSR count). The molecule has 6 heteroatoms. The van der Waals surface area contributed by atoms with Crippen LogP contribution in [0.5, 0.6) is 0 Å². The molecule has 2 amide bonds. The van der Waals surface area contributed by atoms with Gasteiger partial charge in [0.05, 0.1) is 0 Å². The van der Waals surface area contributed by atoms with Gasteiger partial charge in [-0.05, 0) is 81.6 Å². The molecule has 2 N–H and O–H groups in total. The van der Waals surface area contributed by atoms with Crippen molar-refractivity contribution in [3.05, 3.63) is 35.9 Å². The van der Waals surface area contributed by atoms with Crippen molar-refractivity contribution < 1.29 is 19.1 Å². The lowest BCUT2D eigenvalue weighted by Crippen LogP contribution is -2.54. The van der Waals surface area contributed by atoms with Crippen LogP contribution in [0.15, 0.2) is 30.3 Å². The van der Waals surface area contributed by atoms with E-state index in [0.29, 0.717) is 17.8 Å². The van der Waals surface area contributed by atoms with Crippen LogP contribution in [0, 0.1) is 23.2 Å². The van der Waals surface area contributed by atoms with Crippen molar-refractivity contribution in [1.82, 2.24) is 10.6 Å². The Bertz CT molecular complexity index is 772. The molecule has 0 aromatic heterocycles. The van der Waals surface area contributed by atoms with Gasteiger partial charge in [-0.3, -0.25) is 14.4 Å². The maximum Gasteiger partial charge on any atom is 0.325 e. The third-order valence-electron chi connectivity index (χ3n) is 7.39. The first-order valence-electron chi connectivity index (χ1n) is 11.7. The molecule has 0 radical (unpaired) electrons. The fourth-order valence-electron chi connectivity index (χ4n) is 6.34. The largest absolute Gasteiger partial charge is 0.454 e. The molecule has 0 saturated heterocycles. The van der Waals surface area contributed by atoms with Crippen molar-refractivity contribution in [3.63, 3.8) is 0 Å². The predicted molar refractivity (Wildman–Crippen MR) is 117 cm³/mol. The molecule has 168 valence electrons. The summed E-state index contributed by atoms with van der Waals surface area (Å²) in [6, 6.07) is 10.1. The average molecular weight is 427 g/mol. The summed E-state index contributed by atoms with van der Waals surface area (Å²) in [6.07, 6.45) is 8.38. The topological polar surface area (TPSA) is 84.5 Å². The Kier molecular flexibility index (Phi) is 6.63. The minimum Gasteiger partial charge on any atom is -0.454 e. The summed E-state index contributed by atoms with van der Waals surface area (Å²) < 4.78 is 5.07. The molecule has 4 fully saturated rings. The molecular formula is C25H34N2O4. The Hall–Kier alpha value is -2.37. The molecule has 4 bridgehead atoms. The summed E-state index contributed by atoms with van der Waals surface area (Å²) in [7, 11) is 0. The number of carbonyl (C=O) groups is 3. The SMILES string of the molecule is C[C@@H](CCc1ccccc1)NC(=O)COC(=O)CNC(=O)C12CC3CC(CC(C3)C1)C2. The highest BCUT2D eigenvalue weighted by molar-refractivity contribution is 5.87. The van der Waals surface area contributed by atoms with Gasteiger partial charge >= 0.3 is 5.97 Å². The number of rotatable bonds is 9. The third-order valence-corrected chi connectivity index (χ3v) is 7.39. The number of aryl methyl sites for hydroxylation is 1. The zero-order chi connectivity index (χ0) is 21.8. The van der Waals surface area contributed by atoms with Gasteiger partial charge in [-0.1, -0.05) is 30.3 Å². The Balaban J connectivity index is 1.13. The maximum atomic E-state index is 12.9. The molecule has 1 aromatic carbocycles. The Labute approximate surface area is 184 Å². The van der Waals surface area contributed by atoms with E-state index in [0.717, 1.165) is 32.1 Å². The summed E-state index contributed by atoms with van der Waals surface area (Å²) in [5.41, 5.74) is 0.949. The highest BCUT2D eigenvalue weighted by Crippen LogP contribution is 2.60. The summed E-state index contributed by atoms with van der Waals surface area (Å²) >= 11 is 0. The molecule has 1 aromatic rings. The van der Waals surface area contributed by atoms with Crippen LogP contribution in [0.4, 0.5) is 0 Å². The lowest BCUT2D eigenvalue weighted by Gasteiger charge is -2.55. The molecule has 4 aliphatic carbocycles. The number of carbonyl (C=O) groups excluding carboxylic acids is 3. The zero-order valence-corrected chi connectivity index (χ0v) is 18.4. The Morgan fingerprint density at radius 3 is 2.26 bits per heavy atom. The molecule has 0 spiro atoms. The van der Waals surface area contributed by atoms with Gasteiger partial charge in [0.2, 0.25) is 5.91 Å². The average Bonchev–Trinajstić information content (AvgIpc) is 2.74. The summed E-state index contributed by atoms with van der Waals surface area (Å²) in [5.74, 6) is 1.15. The van der Waals surface area contributed by atoms with Crippen molar-refractivity contribution >= 4 is 17.8 Å². The minimum absolute atomic E-state index is 0.00235. The van der Waals surface area contributed by atoms with E-state index in [9.17, 15) is 14.4 Å². The first kappa shape index (κ1) is 21.8. The van der Waals surface area contributed by atoms with Crippen LogP contribution in [-0.2, 0) is 25.5 Å². The first-order valence-corrected chi connectivity index (χ1v) is 11.7. The lowest BCUT2D eigenvalue weighted by molar-refractivity contribution is -0.152. The van der Waals surface area contributed by atoms with Crippen molar-refractivity contribution in [3.8, 4) is 0 Å². The highest BCUT2D eigenvalue weighted by atomic mass is 16.5. The van der Waals surface area contributed by atoms with E-state index < -0.39 is 5.97 Å². The number of nitrogens with one attached hydrogen (secondary N) is 2. The summed E-state index contributed by atoms with van der Waals surface area (Å²) in [6.45, 7) is 1.45. The van der Waals surface area contributed by atoms with E-state index in [4.69, 9.17) is 4.74 Å². The molecule has 4 saturated carbocycles. The maximum absolute atomic E-state index is 12.9. The van der Waals surface area contributed by atoms with E-state index in [-0.39, 0.29) is 36.4 Å². The van der Waals surface area contributed by atoms with Crippen LogP contribution in [-0.4, -0.2) is 37.0 Å². The van der Waals surface area contributed by atoms with E-state index in [2.05, 4.69) is 22.8 Å². The monoisotopic (exact) mass is 426 g/mol. The van der Waals surface area contributed by atoms with Gasteiger partial charge in [0, 0.05) is 11.5 Å².